The summed E-state index contributed by atoms with van der Waals surface area (Å²) in [6.45, 7) is 0.794. The van der Waals surface area contributed by atoms with Gasteiger partial charge in [-0.1, -0.05) is 12.1 Å². The standard InChI is InChI=1S/C13H13IN2O/c14-10-3-1-2-9(6-10)13-12(16-8-17-13)7-15-11-4-5-11/h1-3,6,8,11,15H,4-5,7H2. The molecule has 3 rings (SSSR count). The molecule has 4 heteroatoms. The summed E-state index contributed by atoms with van der Waals surface area (Å²) in [7, 11) is 0. The van der Waals surface area contributed by atoms with Gasteiger partial charge in [-0.25, -0.2) is 4.98 Å². The number of nitrogens with one attached hydrogen (secondary N) is 1. The minimum Gasteiger partial charge on any atom is -0.443 e. The molecule has 1 aromatic carbocycles. The lowest BCUT2D eigenvalue weighted by atomic mass is 10.1. The molecule has 1 N–H and O–H groups in total. The Morgan fingerprint density at radius 1 is 1.41 bits per heavy atom. The molecule has 3 nitrogen and oxygen atoms in total. The molecule has 0 radical (unpaired) electrons. The summed E-state index contributed by atoms with van der Waals surface area (Å²) in [4.78, 5) is 4.29. The smallest absolute Gasteiger partial charge is 0.181 e. The fourth-order valence-electron chi connectivity index (χ4n) is 1.79. The summed E-state index contributed by atoms with van der Waals surface area (Å²) < 4.78 is 6.71. The molecule has 1 heterocycles. The maximum atomic E-state index is 5.50. The van der Waals surface area contributed by atoms with Gasteiger partial charge in [0.25, 0.3) is 0 Å². The molecule has 0 spiro atoms. The van der Waals surface area contributed by atoms with E-state index in [9.17, 15) is 0 Å². The first-order valence-electron chi connectivity index (χ1n) is 5.74. The first kappa shape index (κ1) is 11.2. The summed E-state index contributed by atoms with van der Waals surface area (Å²) in [5.74, 6) is 0.886. The fourth-order valence-corrected chi connectivity index (χ4v) is 2.33. The minimum absolute atomic E-state index is 0.690. The lowest BCUT2D eigenvalue weighted by Crippen LogP contribution is -2.15. The van der Waals surface area contributed by atoms with Crippen molar-refractivity contribution in [1.82, 2.24) is 10.3 Å². The van der Waals surface area contributed by atoms with Gasteiger partial charge in [0.1, 0.15) is 5.69 Å². The Hall–Kier alpha value is -0.880. The van der Waals surface area contributed by atoms with Crippen molar-refractivity contribution in [2.75, 3.05) is 0 Å². The zero-order valence-corrected chi connectivity index (χ0v) is 11.5. The highest BCUT2D eigenvalue weighted by atomic mass is 127. The molecule has 1 fully saturated rings. The normalized spacial score (nSPS) is 15.1. The van der Waals surface area contributed by atoms with Gasteiger partial charge in [-0.2, -0.15) is 0 Å². The number of nitrogens with zero attached hydrogens (tertiary/aromatic N) is 1. The maximum Gasteiger partial charge on any atom is 0.181 e. The predicted molar refractivity (Wildman–Crippen MR) is 74.5 cm³/mol. The molecule has 1 aliphatic rings. The molecule has 0 saturated heterocycles. The van der Waals surface area contributed by atoms with Crippen molar-refractivity contribution in [3.05, 3.63) is 39.9 Å². The average Bonchev–Trinajstić information content (AvgIpc) is 3.04. The molecular formula is C13H13IN2O. The van der Waals surface area contributed by atoms with Gasteiger partial charge in [0, 0.05) is 21.7 Å². The molecule has 1 aromatic heterocycles. The number of oxazole rings is 1. The lowest BCUT2D eigenvalue weighted by molar-refractivity contribution is 0.569. The third-order valence-electron chi connectivity index (χ3n) is 2.86. The molecular weight excluding hydrogens is 327 g/mol. The zero-order chi connectivity index (χ0) is 11.7. The summed E-state index contributed by atoms with van der Waals surface area (Å²) in [5.41, 5.74) is 2.10. The van der Waals surface area contributed by atoms with Crippen LogP contribution in [0.2, 0.25) is 0 Å². The number of halogens is 1. The fraction of sp³-hybridized carbons (Fsp3) is 0.308. The minimum atomic E-state index is 0.690. The monoisotopic (exact) mass is 340 g/mol. The van der Waals surface area contributed by atoms with E-state index in [0.717, 1.165) is 23.6 Å². The second kappa shape index (κ2) is 4.78. The molecule has 17 heavy (non-hydrogen) atoms. The first-order chi connectivity index (χ1) is 8.33. The van der Waals surface area contributed by atoms with Crippen LogP contribution in [0.4, 0.5) is 0 Å². The van der Waals surface area contributed by atoms with E-state index in [0.29, 0.717) is 6.04 Å². The predicted octanol–water partition coefficient (Wildman–Crippen LogP) is 3.20. The van der Waals surface area contributed by atoms with Crippen molar-refractivity contribution < 1.29 is 4.42 Å². The van der Waals surface area contributed by atoms with E-state index in [1.807, 2.05) is 6.07 Å². The van der Waals surface area contributed by atoms with E-state index < -0.39 is 0 Å². The molecule has 1 aliphatic carbocycles. The molecule has 88 valence electrons. The quantitative estimate of drug-likeness (QED) is 0.869. The number of rotatable bonds is 4. The Labute approximate surface area is 114 Å². The number of aromatic nitrogens is 1. The van der Waals surface area contributed by atoms with Gasteiger partial charge in [-0.15, -0.1) is 0 Å². The van der Waals surface area contributed by atoms with E-state index in [1.165, 1.54) is 22.8 Å². The first-order valence-corrected chi connectivity index (χ1v) is 6.82. The second-order valence-corrected chi connectivity index (χ2v) is 5.54. The number of hydrogen-bond donors (Lipinski definition) is 1. The van der Waals surface area contributed by atoms with Crippen molar-refractivity contribution in [2.45, 2.75) is 25.4 Å². The van der Waals surface area contributed by atoms with Crippen LogP contribution in [0.15, 0.2) is 35.1 Å². The van der Waals surface area contributed by atoms with Gasteiger partial charge in [0.05, 0.1) is 0 Å². The molecule has 0 aliphatic heterocycles. The number of hydrogen-bond acceptors (Lipinski definition) is 3. The topological polar surface area (TPSA) is 38.1 Å². The van der Waals surface area contributed by atoms with Crippen molar-refractivity contribution in [3.8, 4) is 11.3 Å². The summed E-state index contributed by atoms with van der Waals surface area (Å²) in [6.07, 6.45) is 4.10. The van der Waals surface area contributed by atoms with Gasteiger partial charge in [0.15, 0.2) is 12.2 Å². The Morgan fingerprint density at radius 3 is 3.06 bits per heavy atom. The number of benzene rings is 1. The van der Waals surface area contributed by atoms with Crippen LogP contribution >= 0.6 is 22.6 Å². The Morgan fingerprint density at radius 2 is 2.29 bits per heavy atom. The van der Waals surface area contributed by atoms with Crippen LogP contribution in [0.1, 0.15) is 18.5 Å². The summed E-state index contributed by atoms with van der Waals surface area (Å²) in [5, 5.41) is 3.46. The zero-order valence-electron chi connectivity index (χ0n) is 9.32. The Kier molecular flexibility index (Phi) is 3.15. The van der Waals surface area contributed by atoms with Crippen LogP contribution in [0.5, 0.6) is 0 Å². The molecule has 0 unspecified atom stereocenters. The van der Waals surface area contributed by atoms with Gasteiger partial charge < -0.3 is 9.73 Å². The molecule has 0 amide bonds. The van der Waals surface area contributed by atoms with Crippen LogP contribution in [0.3, 0.4) is 0 Å². The van der Waals surface area contributed by atoms with Crippen molar-refractivity contribution in [2.24, 2.45) is 0 Å². The average molecular weight is 340 g/mol. The maximum absolute atomic E-state index is 5.50. The molecule has 0 bridgehead atoms. The van der Waals surface area contributed by atoms with Crippen LogP contribution in [0.25, 0.3) is 11.3 Å². The van der Waals surface area contributed by atoms with Gasteiger partial charge in [-0.05, 0) is 47.6 Å². The van der Waals surface area contributed by atoms with Gasteiger partial charge >= 0.3 is 0 Å². The lowest BCUT2D eigenvalue weighted by Gasteiger charge is -2.03. The van der Waals surface area contributed by atoms with Crippen LogP contribution < -0.4 is 5.32 Å². The highest BCUT2D eigenvalue weighted by molar-refractivity contribution is 14.1. The highest BCUT2D eigenvalue weighted by Crippen LogP contribution is 2.26. The van der Waals surface area contributed by atoms with Crippen molar-refractivity contribution in [1.29, 1.82) is 0 Å². The van der Waals surface area contributed by atoms with E-state index in [-0.39, 0.29) is 0 Å². The largest absolute Gasteiger partial charge is 0.443 e. The van der Waals surface area contributed by atoms with E-state index in [2.05, 4.69) is 51.1 Å². The second-order valence-electron chi connectivity index (χ2n) is 4.29. The Bertz CT molecular complexity index is 520. The summed E-state index contributed by atoms with van der Waals surface area (Å²) >= 11 is 2.31. The van der Waals surface area contributed by atoms with Crippen molar-refractivity contribution in [3.63, 3.8) is 0 Å². The Balaban J connectivity index is 1.83. The highest BCUT2D eigenvalue weighted by Gasteiger charge is 2.21. The van der Waals surface area contributed by atoms with Gasteiger partial charge in [-0.3, -0.25) is 0 Å². The summed E-state index contributed by atoms with van der Waals surface area (Å²) in [6, 6.07) is 8.97. The van der Waals surface area contributed by atoms with Gasteiger partial charge in [0.2, 0.25) is 0 Å². The third kappa shape index (κ3) is 2.69. The van der Waals surface area contributed by atoms with Crippen LogP contribution in [-0.4, -0.2) is 11.0 Å². The van der Waals surface area contributed by atoms with Crippen LogP contribution in [0, 0.1) is 3.57 Å². The SMILES string of the molecule is Ic1cccc(-c2ocnc2CNC2CC2)c1. The molecule has 2 aromatic rings. The van der Waals surface area contributed by atoms with Crippen LogP contribution in [-0.2, 0) is 6.54 Å². The molecule has 0 atom stereocenters. The van der Waals surface area contributed by atoms with E-state index in [4.69, 9.17) is 4.42 Å². The molecule has 1 saturated carbocycles. The van der Waals surface area contributed by atoms with E-state index in [1.54, 1.807) is 0 Å². The van der Waals surface area contributed by atoms with Crippen molar-refractivity contribution >= 4 is 22.6 Å². The van der Waals surface area contributed by atoms with E-state index >= 15 is 0 Å². The third-order valence-corrected chi connectivity index (χ3v) is 3.53.